The van der Waals surface area contributed by atoms with Gasteiger partial charge in [0.1, 0.15) is 0 Å². The maximum Gasteiger partial charge on any atom is 0.192 e. The van der Waals surface area contributed by atoms with E-state index in [1.54, 1.807) is 0 Å². The first-order chi connectivity index (χ1) is 12.8. The topological polar surface area (TPSA) is 27.7 Å². The summed E-state index contributed by atoms with van der Waals surface area (Å²) in [7, 11) is -3.54. The van der Waals surface area contributed by atoms with Gasteiger partial charge in [-0.25, -0.2) is 0 Å². The molecule has 1 fully saturated rings. The second kappa shape index (κ2) is 9.27. The van der Waals surface area contributed by atoms with Crippen LogP contribution in [0.5, 0.6) is 0 Å². The molecule has 0 spiro atoms. The van der Waals surface area contributed by atoms with Gasteiger partial charge in [-0.2, -0.15) is 0 Å². The molecule has 0 N–H and O–H groups in total. The van der Waals surface area contributed by atoms with Gasteiger partial charge in [-0.05, 0) is 49.1 Å². The van der Waals surface area contributed by atoms with E-state index >= 15 is 0 Å². The normalized spacial score (nSPS) is 26.4. The number of hydrogen-bond donors (Lipinski definition) is 0. The minimum Gasteiger partial charge on any atom is -0.417 e. The smallest absolute Gasteiger partial charge is 0.192 e. The summed E-state index contributed by atoms with van der Waals surface area (Å²) in [5.74, 6) is 0. The van der Waals surface area contributed by atoms with Crippen LogP contribution in [0.15, 0.2) is 12.7 Å². The Balaban J connectivity index is 2.83. The van der Waals surface area contributed by atoms with Crippen molar-refractivity contribution in [3.63, 3.8) is 0 Å². The summed E-state index contributed by atoms with van der Waals surface area (Å²) in [5.41, 5.74) is -0.0218. The highest BCUT2D eigenvalue weighted by atomic mass is 28.4. The Morgan fingerprint density at radius 3 is 1.97 bits per heavy atom. The summed E-state index contributed by atoms with van der Waals surface area (Å²) >= 11 is 0. The van der Waals surface area contributed by atoms with Crippen molar-refractivity contribution < 1.29 is 13.6 Å². The minimum absolute atomic E-state index is 0.0218. The molecular formula is C24H50O3Si2. The third kappa shape index (κ3) is 6.77. The van der Waals surface area contributed by atoms with E-state index in [0.29, 0.717) is 0 Å². The summed E-state index contributed by atoms with van der Waals surface area (Å²) in [6.07, 6.45) is 5.32. The molecule has 172 valence electrons. The summed E-state index contributed by atoms with van der Waals surface area (Å²) in [6, 6.07) is 0. The van der Waals surface area contributed by atoms with Crippen LogP contribution in [-0.2, 0) is 13.6 Å². The molecule has 1 heterocycles. The van der Waals surface area contributed by atoms with Gasteiger partial charge in [0.2, 0.25) is 0 Å². The van der Waals surface area contributed by atoms with Gasteiger partial charge in [-0.15, -0.1) is 6.58 Å². The molecule has 5 heteroatoms. The first kappa shape index (κ1) is 27.1. The Labute approximate surface area is 184 Å². The highest BCUT2D eigenvalue weighted by Crippen LogP contribution is 2.45. The lowest BCUT2D eigenvalue weighted by Crippen LogP contribution is -2.56. The Hall–Kier alpha value is 0.0538. The van der Waals surface area contributed by atoms with E-state index in [1.807, 2.05) is 6.08 Å². The highest BCUT2D eigenvalue weighted by molar-refractivity contribution is 6.74. The molecule has 3 atom stereocenters. The quantitative estimate of drug-likeness (QED) is 0.221. The molecule has 0 bridgehead atoms. The van der Waals surface area contributed by atoms with Crippen LogP contribution in [0.3, 0.4) is 0 Å². The molecule has 0 unspecified atom stereocenters. The number of ether oxygens (including phenoxy) is 1. The zero-order valence-corrected chi connectivity index (χ0v) is 23.6. The van der Waals surface area contributed by atoms with Gasteiger partial charge in [0.05, 0.1) is 18.3 Å². The molecule has 0 aromatic rings. The van der Waals surface area contributed by atoms with E-state index < -0.39 is 16.6 Å². The van der Waals surface area contributed by atoms with Crippen LogP contribution in [0.1, 0.15) is 74.7 Å². The van der Waals surface area contributed by atoms with Gasteiger partial charge >= 0.3 is 0 Å². The molecule has 0 amide bonds. The van der Waals surface area contributed by atoms with Crippen molar-refractivity contribution in [1.29, 1.82) is 0 Å². The molecule has 0 aliphatic carbocycles. The Bertz CT molecular complexity index is 541. The fraction of sp³-hybridized carbons (Fsp3) is 0.917. The highest BCUT2D eigenvalue weighted by Gasteiger charge is 2.49. The first-order valence-electron chi connectivity index (χ1n) is 11.4. The second-order valence-corrected chi connectivity index (χ2v) is 22.1. The van der Waals surface area contributed by atoms with Crippen LogP contribution < -0.4 is 0 Å². The predicted molar refractivity (Wildman–Crippen MR) is 132 cm³/mol. The molecule has 3 nitrogen and oxygen atoms in total. The Morgan fingerprint density at radius 1 is 1.00 bits per heavy atom. The van der Waals surface area contributed by atoms with E-state index in [9.17, 15) is 0 Å². The van der Waals surface area contributed by atoms with Crippen molar-refractivity contribution in [2.75, 3.05) is 6.61 Å². The third-order valence-corrected chi connectivity index (χ3v) is 16.9. The average Bonchev–Trinajstić information content (AvgIpc) is 2.52. The van der Waals surface area contributed by atoms with E-state index in [-0.39, 0.29) is 33.8 Å². The summed E-state index contributed by atoms with van der Waals surface area (Å²) < 4.78 is 19.8. The molecule has 1 aliphatic heterocycles. The van der Waals surface area contributed by atoms with Crippen LogP contribution in [0, 0.1) is 5.41 Å². The lowest BCUT2D eigenvalue weighted by atomic mass is 9.74. The lowest BCUT2D eigenvalue weighted by Gasteiger charge is -2.51. The van der Waals surface area contributed by atoms with E-state index in [0.717, 1.165) is 25.9 Å². The van der Waals surface area contributed by atoms with Crippen molar-refractivity contribution in [2.45, 2.75) is 129 Å². The van der Waals surface area contributed by atoms with Crippen LogP contribution >= 0.6 is 0 Å². The van der Waals surface area contributed by atoms with Crippen molar-refractivity contribution in [1.82, 2.24) is 0 Å². The maximum atomic E-state index is 6.91. The Morgan fingerprint density at radius 2 is 1.52 bits per heavy atom. The van der Waals surface area contributed by atoms with E-state index in [4.69, 9.17) is 13.6 Å². The van der Waals surface area contributed by atoms with Crippen LogP contribution in [0.25, 0.3) is 0 Å². The first-order valence-corrected chi connectivity index (χ1v) is 17.3. The van der Waals surface area contributed by atoms with Crippen molar-refractivity contribution in [3.8, 4) is 0 Å². The van der Waals surface area contributed by atoms with Gasteiger partial charge in [-0.1, -0.05) is 61.5 Å². The van der Waals surface area contributed by atoms with Crippen molar-refractivity contribution in [3.05, 3.63) is 12.7 Å². The largest absolute Gasteiger partial charge is 0.417 e. The summed E-state index contributed by atoms with van der Waals surface area (Å²) in [4.78, 5) is 0. The van der Waals surface area contributed by atoms with Crippen LogP contribution in [0.2, 0.25) is 36.3 Å². The van der Waals surface area contributed by atoms with E-state index in [2.05, 4.69) is 88.2 Å². The zero-order chi connectivity index (χ0) is 22.9. The molecule has 0 radical (unpaired) electrons. The van der Waals surface area contributed by atoms with Gasteiger partial charge in [0.15, 0.2) is 16.6 Å². The SMILES string of the molecule is C=C[C@@H]1C[C@@H](O[Si](C)(C)C(C)(C)C)C(C)(C)[C@@H](CCCO[Si](C)(C)C(C)(C)C)O1. The summed E-state index contributed by atoms with van der Waals surface area (Å²) in [5, 5.41) is 0.460. The fourth-order valence-electron chi connectivity index (χ4n) is 3.30. The minimum atomic E-state index is -1.85. The van der Waals surface area contributed by atoms with Gasteiger partial charge in [0.25, 0.3) is 0 Å². The van der Waals surface area contributed by atoms with Gasteiger partial charge in [-0.3, -0.25) is 0 Å². The maximum absolute atomic E-state index is 6.91. The molecule has 0 aromatic carbocycles. The van der Waals surface area contributed by atoms with Crippen LogP contribution in [-0.4, -0.2) is 41.6 Å². The molecule has 1 rings (SSSR count). The van der Waals surface area contributed by atoms with Gasteiger partial charge < -0.3 is 13.6 Å². The number of rotatable bonds is 8. The third-order valence-electron chi connectivity index (χ3n) is 7.83. The van der Waals surface area contributed by atoms with Crippen LogP contribution in [0.4, 0.5) is 0 Å². The van der Waals surface area contributed by atoms with Crippen molar-refractivity contribution in [2.24, 2.45) is 5.41 Å². The Kier molecular flexibility index (Phi) is 8.66. The molecular weight excluding hydrogens is 392 g/mol. The number of hydrogen-bond acceptors (Lipinski definition) is 3. The molecule has 1 saturated heterocycles. The van der Waals surface area contributed by atoms with Gasteiger partial charge in [0, 0.05) is 18.4 Å². The molecule has 0 aromatic heterocycles. The molecule has 0 saturated carbocycles. The standard InChI is InChI=1S/C24H50O3Si2/c1-14-19-18-21(27-29(12,13)23(5,6)7)24(8,9)20(26-19)16-15-17-25-28(10,11)22(2,3)4/h14,19-21H,1,15-18H2,2-13H3/t19-,20-,21-/m1/s1. The van der Waals surface area contributed by atoms with Crippen molar-refractivity contribution >= 4 is 16.6 Å². The second-order valence-electron chi connectivity index (χ2n) is 12.6. The average molecular weight is 443 g/mol. The van der Waals surface area contributed by atoms with E-state index in [1.165, 1.54) is 0 Å². The summed E-state index contributed by atoms with van der Waals surface area (Å²) in [6.45, 7) is 32.7. The molecule has 29 heavy (non-hydrogen) atoms. The monoisotopic (exact) mass is 442 g/mol. The predicted octanol–water partition coefficient (Wildman–Crippen LogP) is 7.55. The zero-order valence-electron chi connectivity index (χ0n) is 21.6. The molecule has 1 aliphatic rings. The lowest BCUT2D eigenvalue weighted by molar-refractivity contribution is -0.157. The fourth-order valence-corrected chi connectivity index (χ4v) is 5.85.